The van der Waals surface area contributed by atoms with E-state index in [1.165, 1.54) is 19.1 Å². The van der Waals surface area contributed by atoms with Crippen LogP contribution in [0.1, 0.15) is 20.3 Å². The minimum atomic E-state index is -3.84. The molecule has 0 radical (unpaired) electrons. The fraction of sp³-hybridized carbons (Fsp3) is 0.364. The van der Waals surface area contributed by atoms with E-state index in [1.807, 2.05) is 0 Å². The second-order valence-corrected chi connectivity index (χ2v) is 6.65. The molecule has 100 valence electrons. The van der Waals surface area contributed by atoms with Gasteiger partial charge in [-0.1, -0.05) is 22.9 Å². The lowest BCUT2D eigenvalue weighted by molar-refractivity contribution is -0.143. The molecule has 0 amide bonds. The average molecular weight is 336 g/mol. The predicted molar refractivity (Wildman–Crippen MR) is 70.8 cm³/mol. The molecular weight excluding hydrogens is 322 g/mol. The van der Waals surface area contributed by atoms with E-state index in [9.17, 15) is 13.2 Å². The highest BCUT2D eigenvalue weighted by molar-refractivity contribution is 9.10. The minimum absolute atomic E-state index is 0.0339. The number of aliphatic carboxylic acids is 1. The maximum Gasteiger partial charge on any atom is 0.324 e. The molecule has 18 heavy (non-hydrogen) atoms. The van der Waals surface area contributed by atoms with Gasteiger partial charge in [0.1, 0.15) is 5.54 Å². The molecule has 0 aliphatic heterocycles. The van der Waals surface area contributed by atoms with Gasteiger partial charge in [-0.25, -0.2) is 8.42 Å². The Bertz CT molecular complexity index is 541. The summed E-state index contributed by atoms with van der Waals surface area (Å²) in [5.74, 6) is -1.20. The number of benzene rings is 1. The van der Waals surface area contributed by atoms with Gasteiger partial charge < -0.3 is 5.11 Å². The minimum Gasteiger partial charge on any atom is -0.480 e. The third-order valence-electron chi connectivity index (χ3n) is 2.66. The molecule has 1 rings (SSSR count). The van der Waals surface area contributed by atoms with Gasteiger partial charge in [-0.2, -0.15) is 4.72 Å². The predicted octanol–water partition coefficient (Wildman–Crippen LogP) is 1.98. The van der Waals surface area contributed by atoms with E-state index in [0.29, 0.717) is 0 Å². The maximum absolute atomic E-state index is 12.0. The Morgan fingerprint density at radius 1 is 1.39 bits per heavy atom. The van der Waals surface area contributed by atoms with Crippen LogP contribution in [0.5, 0.6) is 0 Å². The number of hydrogen-bond acceptors (Lipinski definition) is 3. The topological polar surface area (TPSA) is 83.5 Å². The zero-order chi connectivity index (χ0) is 14.0. The van der Waals surface area contributed by atoms with Gasteiger partial charge in [-0.3, -0.25) is 4.79 Å². The van der Waals surface area contributed by atoms with Crippen molar-refractivity contribution in [3.8, 4) is 0 Å². The van der Waals surface area contributed by atoms with Crippen molar-refractivity contribution < 1.29 is 18.3 Å². The van der Waals surface area contributed by atoms with Crippen molar-refractivity contribution in [3.63, 3.8) is 0 Å². The molecule has 0 aromatic heterocycles. The van der Waals surface area contributed by atoms with Crippen LogP contribution in [0, 0.1) is 0 Å². The van der Waals surface area contributed by atoms with E-state index in [2.05, 4.69) is 20.7 Å². The average Bonchev–Trinajstić information content (AvgIpc) is 2.28. The maximum atomic E-state index is 12.0. The van der Waals surface area contributed by atoms with Crippen LogP contribution >= 0.6 is 15.9 Å². The number of carboxylic acids is 1. The largest absolute Gasteiger partial charge is 0.480 e. The number of rotatable bonds is 5. The molecule has 0 aliphatic rings. The SMILES string of the molecule is CCC(C)(NS(=O)(=O)c1ccc(Br)cc1)C(=O)O. The van der Waals surface area contributed by atoms with Crippen LogP contribution in [0.15, 0.2) is 33.6 Å². The van der Waals surface area contributed by atoms with Gasteiger partial charge in [-0.15, -0.1) is 0 Å². The van der Waals surface area contributed by atoms with E-state index in [0.717, 1.165) is 4.47 Å². The van der Waals surface area contributed by atoms with Crippen LogP contribution < -0.4 is 4.72 Å². The summed E-state index contributed by atoms with van der Waals surface area (Å²) in [5, 5.41) is 9.05. The summed E-state index contributed by atoms with van der Waals surface area (Å²) in [5.41, 5.74) is -1.51. The Labute approximate surface area is 114 Å². The first kappa shape index (κ1) is 15.1. The summed E-state index contributed by atoms with van der Waals surface area (Å²) >= 11 is 3.20. The molecule has 0 spiro atoms. The molecule has 0 aliphatic carbocycles. The monoisotopic (exact) mass is 335 g/mol. The van der Waals surface area contributed by atoms with Crippen molar-refractivity contribution in [2.75, 3.05) is 0 Å². The van der Waals surface area contributed by atoms with Crippen LogP contribution in [0.3, 0.4) is 0 Å². The molecule has 1 aromatic rings. The molecular formula is C11H14BrNO4S. The number of carboxylic acid groups (broad SMARTS) is 1. The molecule has 0 bridgehead atoms. The smallest absolute Gasteiger partial charge is 0.324 e. The highest BCUT2D eigenvalue weighted by Gasteiger charge is 2.36. The highest BCUT2D eigenvalue weighted by Crippen LogP contribution is 2.18. The zero-order valence-electron chi connectivity index (χ0n) is 9.97. The van der Waals surface area contributed by atoms with Crippen LogP contribution in [0.4, 0.5) is 0 Å². The standard InChI is InChI=1S/C11H14BrNO4S/c1-3-11(2,10(14)15)13-18(16,17)9-6-4-8(12)5-7-9/h4-7,13H,3H2,1-2H3,(H,14,15). The van der Waals surface area contributed by atoms with E-state index < -0.39 is 21.5 Å². The molecule has 1 unspecified atom stereocenters. The lowest BCUT2D eigenvalue weighted by Crippen LogP contribution is -2.51. The van der Waals surface area contributed by atoms with Gasteiger partial charge in [0, 0.05) is 4.47 Å². The number of halogens is 1. The number of carbonyl (C=O) groups is 1. The van der Waals surface area contributed by atoms with Crippen LogP contribution in [0.25, 0.3) is 0 Å². The molecule has 0 saturated heterocycles. The van der Waals surface area contributed by atoms with Crippen molar-refractivity contribution >= 4 is 31.9 Å². The van der Waals surface area contributed by atoms with E-state index in [4.69, 9.17) is 5.11 Å². The summed E-state index contributed by atoms with van der Waals surface area (Å²) in [6, 6.07) is 5.98. The molecule has 1 atom stereocenters. The first-order valence-corrected chi connectivity index (χ1v) is 7.52. The zero-order valence-corrected chi connectivity index (χ0v) is 12.4. The first-order valence-electron chi connectivity index (χ1n) is 5.24. The fourth-order valence-electron chi connectivity index (χ4n) is 1.24. The number of hydrogen-bond donors (Lipinski definition) is 2. The Kier molecular flexibility index (Phi) is 4.52. The third kappa shape index (κ3) is 3.30. The molecule has 0 saturated carbocycles. The normalized spacial score (nSPS) is 15.1. The van der Waals surface area contributed by atoms with Crippen LogP contribution in [-0.2, 0) is 14.8 Å². The van der Waals surface area contributed by atoms with Crippen molar-refractivity contribution in [1.82, 2.24) is 4.72 Å². The van der Waals surface area contributed by atoms with Crippen molar-refractivity contribution in [2.45, 2.75) is 30.7 Å². The summed E-state index contributed by atoms with van der Waals surface area (Å²) in [7, 11) is -3.84. The van der Waals surface area contributed by atoms with Crippen LogP contribution in [-0.4, -0.2) is 25.0 Å². The van der Waals surface area contributed by atoms with E-state index in [-0.39, 0.29) is 11.3 Å². The second kappa shape index (κ2) is 5.38. The van der Waals surface area contributed by atoms with Gasteiger partial charge >= 0.3 is 5.97 Å². The van der Waals surface area contributed by atoms with Gasteiger partial charge in [0.2, 0.25) is 10.0 Å². The Morgan fingerprint density at radius 3 is 2.28 bits per heavy atom. The van der Waals surface area contributed by atoms with Crippen molar-refractivity contribution in [1.29, 1.82) is 0 Å². The summed E-state index contributed by atoms with van der Waals surface area (Å²) in [4.78, 5) is 11.1. The highest BCUT2D eigenvalue weighted by atomic mass is 79.9. The molecule has 5 nitrogen and oxygen atoms in total. The quantitative estimate of drug-likeness (QED) is 0.861. The first-order chi connectivity index (χ1) is 8.21. The van der Waals surface area contributed by atoms with E-state index >= 15 is 0 Å². The van der Waals surface area contributed by atoms with Crippen molar-refractivity contribution in [2.24, 2.45) is 0 Å². The lowest BCUT2D eigenvalue weighted by atomic mass is 10.0. The lowest BCUT2D eigenvalue weighted by Gasteiger charge is -2.24. The Balaban J connectivity index is 3.09. The Hall–Kier alpha value is -0.920. The van der Waals surface area contributed by atoms with Gasteiger partial charge in [-0.05, 0) is 37.6 Å². The van der Waals surface area contributed by atoms with E-state index in [1.54, 1.807) is 19.1 Å². The number of sulfonamides is 1. The third-order valence-corrected chi connectivity index (χ3v) is 4.80. The summed E-state index contributed by atoms with van der Waals surface area (Å²) in [6.07, 6.45) is 0.151. The van der Waals surface area contributed by atoms with Gasteiger partial charge in [0.15, 0.2) is 0 Å². The van der Waals surface area contributed by atoms with Crippen molar-refractivity contribution in [3.05, 3.63) is 28.7 Å². The number of nitrogens with one attached hydrogen (secondary N) is 1. The molecule has 7 heteroatoms. The van der Waals surface area contributed by atoms with Gasteiger partial charge in [0.25, 0.3) is 0 Å². The summed E-state index contributed by atoms with van der Waals surface area (Å²) in [6.45, 7) is 2.95. The van der Waals surface area contributed by atoms with Gasteiger partial charge in [0.05, 0.1) is 4.90 Å². The molecule has 1 aromatic carbocycles. The fourth-order valence-corrected chi connectivity index (χ4v) is 2.94. The summed E-state index contributed by atoms with van der Waals surface area (Å²) < 4.78 is 27.0. The Morgan fingerprint density at radius 2 is 1.89 bits per heavy atom. The molecule has 0 heterocycles. The second-order valence-electron chi connectivity index (χ2n) is 4.05. The van der Waals surface area contributed by atoms with Crippen LogP contribution in [0.2, 0.25) is 0 Å². The molecule has 0 fully saturated rings. The molecule has 2 N–H and O–H groups in total.